The molecule has 1 amide bonds. The van der Waals surface area contributed by atoms with E-state index < -0.39 is 11.5 Å². The molecule has 1 atom stereocenters. The number of Topliss-reactive ketones (excluding diaryl/α,β-unsaturated/α-hetero) is 1. The summed E-state index contributed by atoms with van der Waals surface area (Å²) in [6, 6.07) is 5.08. The molecule has 0 saturated carbocycles. The molecule has 0 aliphatic carbocycles. The Hall–Kier alpha value is -3.21. The van der Waals surface area contributed by atoms with E-state index in [2.05, 4.69) is 5.32 Å². The summed E-state index contributed by atoms with van der Waals surface area (Å²) >= 11 is 6.58. The summed E-state index contributed by atoms with van der Waals surface area (Å²) in [6.07, 6.45) is -0.686. The van der Waals surface area contributed by atoms with Crippen molar-refractivity contribution in [2.75, 3.05) is 52.3 Å². The van der Waals surface area contributed by atoms with Crippen molar-refractivity contribution in [3.63, 3.8) is 0 Å². The number of anilines is 1. The van der Waals surface area contributed by atoms with Crippen LogP contribution in [0.25, 0.3) is 17.0 Å². The highest BCUT2D eigenvalue weighted by Crippen LogP contribution is 2.39. The van der Waals surface area contributed by atoms with E-state index in [0.717, 1.165) is 0 Å². The van der Waals surface area contributed by atoms with Crippen LogP contribution in [0.4, 0.5) is 5.82 Å². The highest BCUT2D eigenvalue weighted by molar-refractivity contribution is 6.33. The maximum atomic E-state index is 12.7. The highest BCUT2D eigenvalue weighted by Gasteiger charge is 2.47. The molecule has 3 rings (SSSR count). The van der Waals surface area contributed by atoms with E-state index in [1.165, 1.54) is 6.92 Å². The standard InChI is InChI=1S/C27H37ClN6O4/c1-15-23(22(16(2)29)17(3)35)31-24(32-25(15)34-13-27(4,14-34)26(37)33(6)7)20-10-19(8-9-21(20)28)38-12-18(36)11-30-5/h8-10,18,30,36H,11-14,29H2,1-7H3/t18-/m1/s1. The monoisotopic (exact) mass is 544 g/mol. The van der Waals surface area contributed by atoms with Gasteiger partial charge < -0.3 is 30.7 Å². The molecule has 0 unspecified atom stereocenters. The van der Waals surface area contributed by atoms with Gasteiger partial charge in [0.25, 0.3) is 0 Å². The summed E-state index contributed by atoms with van der Waals surface area (Å²) in [7, 11) is 5.23. The Balaban J connectivity index is 2.11. The molecule has 1 aromatic carbocycles. The molecule has 10 nitrogen and oxygen atoms in total. The number of ether oxygens (including phenoxy) is 1. The Morgan fingerprint density at radius 2 is 1.95 bits per heavy atom. The van der Waals surface area contributed by atoms with Crippen LogP contribution in [-0.4, -0.2) is 85.2 Å². The minimum atomic E-state index is -0.686. The second-order valence-corrected chi connectivity index (χ2v) is 10.6. The number of hydrogen-bond acceptors (Lipinski definition) is 9. The molecular weight excluding hydrogens is 508 g/mol. The Morgan fingerprint density at radius 1 is 1.29 bits per heavy atom. The average Bonchev–Trinajstić information content (AvgIpc) is 2.82. The number of rotatable bonds is 10. The Morgan fingerprint density at radius 3 is 2.50 bits per heavy atom. The van der Waals surface area contributed by atoms with Gasteiger partial charge in [-0.3, -0.25) is 9.59 Å². The first-order valence-electron chi connectivity index (χ1n) is 12.4. The molecule has 206 valence electrons. The number of benzene rings is 1. The number of allylic oxidation sites excluding steroid dienone is 2. The average molecular weight is 545 g/mol. The van der Waals surface area contributed by atoms with Gasteiger partial charge in [0, 0.05) is 50.6 Å². The summed E-state index contributed by atoms with van der Waals surface area (Å²) in [5.41, 5.74) is 7.81. The van der Waals surface area contributed by atoms with Gasteiger partial charge in [-0.05, 0) is 52.9 Å². The van der Waals surface area contributed by atoms with Crippen LogP contribution >= 0.6 is 11.6 Å². The number of aliphatic hydroxyl groups excluding tert-OH is 1. The maximum absolute atomic E-state index is 12.7. The highest BCUT2D eigenvalue weighted by atomic mass is 35.5. The van der Waals surface area contributed by atoms with Gasteiger partial charge in [0.2, 0.25) is 5.91 Å². The lowest BCUT2D eigenvalue weighted by Gasteiger charge is -2.48. The number of carbonyl (C=O) groups excluding carboxylic acids is 2. The van der Waals surface area contributed by atoms with Crippen molar-refractivity contribution < 1.29 is 19.4 Å². The summed E-state index contributed by atoms with van der Waals surface area (Å²) in [4.78, 5) is 38.5. The molecule has 1 fully saturated rings. The molecule has 1 saturated heterocycles. The number of likely N-dealkylation sites (N-methyl/N-ethyl adjacent to an activating group) is 1. The number of aliphatic hydroxyl groups is 1. The zero-order chi connectivity index (χ0) is 28.4. The SMILES string of the molecule is CNC[C@@H](O)COc1ccc(Cl)c(-c2nc(C(C(C)=O)=C(C)N)c(C)c(N3CC(C)(C(=O)N(C)C)C3)n2)c1. The number of halogens is 1. The second kappa shape index (κ2) is 11.7. The van der Waals surface area contributed by atoms with Gasteiger partial charge >= 0.3 is 0 Å². The van der Waals surface area contributed by atoms with Crippen LogP contribution in [0.2, 0.25) is 5.02 Å². The Bertz CT molecular complexity index is 1250. The number of amides is 1. The van der Waals surface area contributed by atoms with Crippen LogP contribution in [0.3, 0.4) is 0 Å². The predicted octanol–water partition coefficient (Wildman–Crippen LogP) is 2.26. The quantitative estimate of drug-likeness (QED) is 0.385. The molecule has 0 bridgehead atoms. The van der Waals surface area contributed by atoms with Gasteiger partial charge in [-0.15, -0.1) is 0 Å². The molecule has 11 heteroatoms. The number of aromatic nitrogens is 2. The van der Waals surface area contributed by atoms with E-state index in [1.54, 1.807) is 51.2 Å². The zero-order valence-electron chi connectivity index (χ0n) is 23.1. The van der Waals surface area contributed by atoms with Crippen molar-refractivity contribution >= 4 is 34.7 Å². The third kappa shape index (κ3) is 6.09. The number of hydrogen-bond donors (Lipinski definition) is 3. The third-order valence-corrected chi connectivity index (χ3v) is 6.80. The van der Waals surface area contributed by atoms with Crippen molar-refractivity contribution in [2.24, 2.45) is 11.1 Å². The van der Waals surface area contributed by atoms with Crippen LogP contribution < -0.4 is 20.7 Å². The predicted molar refractivity (Wildman–Crippen MR) is 149 cm³/mol. The van der Waals surface area contributed by atoms with Gasteiger partial charge in [0.05, 0.1) is 21.7 Å². The fraction of sp³-hybridized carbons (Fsp3) is 0.481. The van der Waals surface area contributed by atoms with Gasteiger partial charge in [-0.25, -0.2) is 9.97 Å². The lowest BCUT2D eigenvalue weighted by molar-refractivity contribution is -0.140. The zero-order valence-corrected chi connectivity index (χ0v) is 23.8. The third-order valence-electron chi connectivity index (χ3n) is 6.47. The van der Waals surface area contributed by atoms with Crippen LogP contribution in [0, 0.1) is 12.3 Å². The van der Waals surface area contributed by atoms with Gasteiger partial charge in [0.1, 0.15) is 24.3 Å². The summed E-state index contributed by atoms with van der Waals surface area (Å²) < 4.78 is 5.76. The van der Waals surface area contributed by atoms with Crippen molar-refractivity contribution in [3.05, 3.63) is 40.2 Å². The lowest BCUT2D eigenvalue weighted by Crippen LogP contribution is -2.62. The first-order chi connectivity index (χ1) is 17.8. The second-order valence-electron chi connectivity index (χ2n) is 10.2. The van der Waals surface area contributed by atoms with Crippen LogP contribution in [-0.2, 0) is 9.59 Å². The molecule has 38 heavy (non-hydrogen) atoms. The topological polar surface area (TPSA) is 134 Å². The fourth-order valence-corrected chi connectivity index (χ4v) is 4.88. The minimum Gasteiger partial charge on any atom is -0.491 e. The molecule has 1 aliphatic rings. The molecule has 0 spiro atoms. The lowest BCUT2D eigenvalue weighted by atomic mass is 9.80. The Kier molecular flexibility index (Phi) is 9.01. The molecule has 2 aromatic rings. The Labute approximate surface area is 228 Å². The van der Waals surface area contributed by atoms with E-state index in [9.17, 15) is 14.7 Å². The maximum Gasteiger partial charge on any atom is 0.231 e. The normalized spacial score (nSPS) is 15.9. The molecule has 0 radical (unpaired) electrons. The number of nitrogens with zero attached hydrogens (tertiary/aromatic N) is 4. The summed E-state index contributed by atoms with van der Waals surface area (Å²) in [6.45, 7) is 8.26. The minimum absolute atomic E-state index is 0.0383. The van der Waals surface area contributed by atoms with Crippen molar-refractivity contribution in [1.29, 1.82) is 0 Å². The van der Waals surface area contributed by atoms with Crippen molar-refractivity contribution in [3.8, 4) is 17.1 Å². The van der Waals surface area contributed by atoms with Crippen LogP contribution in [0.5, 0.6) is 5.75 Å². The molecule has 1 aromatic heterocycles. The van der Waals surface area contributed by atoms with Gasteiger partial charge in [0.15, 0.2) is 11.6 Å². The summed E-state index contributed by atoms with van der Waals surface area (Å²) in [5.74, 6) is 1.19. The van der Waals surface area contributed by atoms with Gasteiger partial charge in [-0.2, -0.15) is 0 Å². The van der Waals surface area contributed by atoms with E-state index in [0.29, 0.717) is 70.1 Å². The van der Waals surface area contributed by atoms with Gasteiger partial charge in [-0.1, -0.05) is 11.6 Å². The molecule has 2 heterocycles. The van der Waals surface area contributed by atoms with E-state index in [4.69, 9.17) is 32.0 Å². The number of nitrogens with two attached hydrogens (primary N) is 1. The summed E-state index contributed by atoms with van der Waals surface area (Å²) in [5, 5.41) is 13.3. The van der Waals surface area contributed by atoms with E-state index >= 15 is 0 Å². The largest absolute Gasteiger partial charge is 0.491 e. The molecule has 4 N–H and O–H groups in total. The van der Waals surface area contributed by atoms with Crippen molar-refractivity contribution in [2.45, 2.75) is 33.8 Å². The smallest absolute Gasteiger partial charge is 0.231 e. The first kappa shape index (κ1) is 29.3. The number of carbonyl (C=O) groups is 2. The molecular formula is C27H37ClN6O4. The number of ketones is 1. The van der Waals surface area contributed by atoms with Crippen molar-refractivity contribution in [1.82, 2.24) is 20.2 Å². The fourth-order valence-electron chi connectivity index (χ4n) is 4.68. The van der Waals surface area contributed by atoms with Crippen LogP contribution in [0.1, 0.15) is 32.0 Å². The number of nitrogens with one attached hydrogen (secondary N) is 1. The van der Waals surface area contributed by atoms with E-state index in [1.807, 2.05) is 18.7 Å². The van der Waals surface area contributed by atoms with Crippen LogP contribution in [0.15, 0.2) is 23.9 Å². The molecule has 1 aliphatic heterocycles. The van der Waals surface area contributed by atoms with E-state index in [-0.39, 0.29) is 18.3 Å². The first-order valence-corrected chi connectivity index (χ1v) is 12.7.